The Morgan fingerprint density at radius 3 is 2.81 bits per heavy atom. The third-order valence-electron chi connectivity index (χ3n) is 3.98. The van der Waals surface area contributed by atoms with Crippen LogP contribution in [0.5, 0.6) is 0 Å². The van der Waals surface area contributed by atoms with Gasteiger partial charge >= 0.3 is 0 Å². The fraction of sp³-hybridized carbons (Fsp3) is 0.111. The smallest absolute Gasteiger partial charge is 0.258 e. The molecule has 0 aliphatic rings. The number of halogens is 2. The lowest BCUT2D eigenvalue weighted by atomic mass is 10.2. The zero-order valence-corrected chi connectivity index (χ0v) is 16.5. The van der Waals surface area contributed by atoms with E-state index in [1.807, 2.05) is 29.7 Å². The van der Waals surface area contributed by atoms with Gasteiger partial charge in [0.05, 0.1) is 16.4 Å². The van der Waals surface area contributed by atoms with E-state index in [0.29, 0.717) is 32.3 Å². The second-order valence-electron chi connectivity index (χ2n) is 5.87. The molecule has 3 heterocycles. The van der Waals surface area contributed by atoms with Gasteiger partial charge in [-0.1, -0.05) is 41.0 Å². The molecule has 0 amide bonds. The summed E-state index contributed by atoms with van der Waals surface area (Å²) in [6.07, 6.45) is 3.19. The third-order valence-corrected chi connectivity index (χ3v) is 5.58. The van der Waals surface area contributed by atoms with Gasteiger partial charge < -0.3 is 0 Å². The van der Waals surface area contributed by atoms with Gasteiger partial charge in [-0.05, 0) is 36.8 Å². The van der Waals surface area contributed by atoms with Crippen LogP contribution in [0.2, 0.25) is 10.0 Å². The summed E-state index contributed by atoms with van der Waals surface area (Å²) < 4.78 is 3.27. The van der Waals surface area contributed by atoms with E-state index < -0.39 is 0 Å². The van der Waals surface area contributed by atoms with Crippen LogP contribution in [0.4, 0.5) is 0 Å². The van der Waals surface area contributed by atoms with Crippen LogP contribution in [0.3, 0.4) is 0 Å². The molecule has 0 unspecified atom stereocenters. The highest BCUT2D eigenvalue weighted by Crippen LogP contribution is 2.25. The van der Waals surface area contributed by atoms with Crippen molar-refractivity contribution in [2.45, 2.75) is 17.8 Å². The van der Waals surface area contributed by atoms with E-state index >= 15 is 0 Å². The highest BCUT2D eigenvalue weighted by molar-refractivity contribution is 7.98. The minimum Gasteiger partial charge on any atom is -0.277 e. The summed E-state index contributed by atoms with van der Waals surface area (Å²) in [6.45, 7) is 1.95. The fourth-order valence-corrected chi connectivity index (χ4v) is 3.73. The predicted octanol–water partition coefficient (Wildman–Crippen LogP) is 4.18. The molecule has 0 saturated heterocycles. The van der Waals surface area contributed by atoms with Crippen molar-refractivity contribution in [2.75, 3.05) is 0 Å². The van der Waals surface area contributed by atoms with E-state index in [2.05, 4.69) is 15.2 Å². The molecule has 0 saturated carbocycles. The summed E-state index contributed by atoms with van der Waals surface area (Å²) >= 11 is 13.6. The Bertz CT molecular complexity index is 1200. The molecule has 0 spiro atoms. The third kappa shape index (κ3) is 3.71. The van der Waals surface area contributed by atoms with Crippen molar-refractivity contribution in [1.29, 1.82) is 0 Å². The maximum Gasteiger partial charge on any atom is 0.258 e. The molecule has 0 aliphatic carbocycles. The number of rotatable bonds is 4. The topological polar surface area (TPSA) is 65.1 Å². The van der Waals surface area contributed by atoms with E-state index in [-0.39, 0.29) is 5.56 Å². The van der Waals surface area contributed by atoms with Gasteiger partial charge in [0.25, 0.3) is 5.56 Å². The SMILES string of the molecule is Cc1ccc(-n2cnnc2SCc2cc(=O)n3cc(Cl)ccc3n2)cc1Cl. The molecule has 0 aliphatic heterocycles. The molecular formula is C18H13Cl2N5OS. The van der Waals surface area contributed by atoms with E-state index in [0.717, 1.165) is 11.3 Å². The lowest BCUT2D eigenvalue weighted by molar-refractivity contribution is 0.882. The zero-order chi connectivity index (χ0) is 19.0. The van der Waals surface area contributed by atoms with Gasteiger partial charge in [-0.25, -0.2) is 4.98 Å². The minimum absolute atomic E-state index is 0.176. The minimum atomic E-state index is -0.176. The summed E-state index contributed by atoms with van der Waals surface area (Å²) in [5.74, 6) is 0.479. The standard InChI is InChI=1S/C18H13Cl2N5OS/c1-11-2-4-14(7-15(11)20)25-10-21-23-18(25)27-9-13-6-17(26)24-8-12(19)3-5-16(24)22-13/h2-8,10H,9H2,1H3. The number of fused-ring (bicyclic) bond motifs is 1. The summed E-state index contributed by atoms with van der Waals surface area (Å²) in [6, 6.07) is 10.7. The van der Waals surface area contributed by atoms with E-state index in [9.17, 15) is 4.79 Å². The fourth-order valence-electron chi connectivity index (χ4n) is 2.57. The van der Waals surface area contributed by atoms with Crippen molar-refractivity contribution in [1.82, 2.24) is 24.1 Å². The lowest BCUT2D eigenvalue weighted by Gasteiger charge is -2.08. The molecule has 1 aromatic carbocycles. The van der Waals surface area contributed by atoms with Crippen LogP contribution in [-0.4, -0.2) is 24.1 Å². The number of thioether (sulfide) groups is 1. The van der Waals surface area contributed by atoms with E-state index in [4.69, 9.17) is 23.2 Å². The van der Waals surface area contributed by atoms with Gasteiger partial charge in [-0.2, -0.15) is 0 Å². The quantitative estimate of drug-likeness (QED) is 0.465. The maximum absolute atomic E-state index is 12.3. The molecule has 0 fully saturated rings. The van der Waals surface area contributed by atoms with Crippen LogP contribution in [0.1, 0.15) is 11.3 Å². The second kappa shape index (κ2) is 7.34. The Balaban J connectivity index is 1.61. The van der Waals surface area contributed by atoms with Crippen LogP contribution in [0, 0.1) is 6.92 Å². The van der Waals surface area contributed by atoms with Crippen LogP contribution in [0.15, 0.2) is 58.9 Å². The van der Waals surface area contributed by atoms with Crippen LogP contribution in [-0.2, 0) is 5.75 Å². The average molecular weight is 418 g/mol. The second-order valence-corrected chi connectivity index (χ2v) is 7.65. The number of benzene rings is 1. The molecule has 0 radical (unpaired) electrons. The highest BCUT2D eigenvalue weighted by atomic mass is 35.5. The number of aromatic nitrogens is 5. The van der Waals surface area contributed by atoms with Crippen molar-refractivity contribution in [3.05, 3.63) is 80.6 Å². The van der Waals surface area contributed by atoms with Crippen molar-refractivity contribution < 1.29 is 0 Å². The number of hydrogen-bond donors (Lipinski definition) is 0. The Morgan fingerprint density at radius 2 is 2.00 bits per heavy atom. The Kier molecular flexibility index (Phi) is 4.90. The first-order valence-corrected chi connectivity index (χ1v) is 9.72. The highest BCUT2D eigenvalue weighted by Gasteiger charge is 2.10. The van der Waals surface area contributed by atoms with Crippen LogP contribution >= 0.6 is 35.0 Å². The molecule has 4 aromatic rings. The number of nitrogens with zero attached hydrogens (tertiary/aromatic N) is 5. The maximum atomic E-state index is 12.3. The number of hydrogen-bond acceptors (Lipinski definition) is 5. The summed E-state index contributed by atoms with van der Waals surface area (Å²) in [4.78, 5) is 16.8. The van der Waals surface area contributed by atoms with Gasteiger partial charge in [0.1, 0.15) is 12.0 Å². The summed E-state index contributed by atoms with van der Waals surface area (Å²) in [5.41, 5.74) is 2.91. The Labute approximate surface area is 168 Å². The van der Waals surface area contributed by atoms with Crippen molar-refractivity contribution in [3.8, 4) is 5.69 Å². The van der Waals surface area contributed by atoms with E-state index in [1.165, 1.54) is 22.2 Å². The van der Waals surface area contributed by atoms with Gasteiger partial charge in [0, 0.05) is 23.0 Å². The molecule has 4 rings (SSSR count). The lowest BCUT2D eigenvalue weighted by Crippen LogP contribution is -2.15. The van der Waals surface area contributed by atoms with Crippen molar-refractivity contribution >= 4 is 40.6 Å². The van der Waals surface area contributed by atoms with Crippen molar-refractivity contribution in [2.24, 2.45) is 0 Å². The molecule has 136 valence electrons. The van der Waals surface area contributed by atoms with Gasteiger partial charge in [0.15, 0.2) is 5.16 Å². The zero-order valence-electron chi connectivity index (χ0n) is 14.1. The normalized spacial score (nSPS) is 11.2. The predicted molar refractivity (Wildman–Crippen MR) is 107 cm³/mol. The Hall–Kier alpha value is -2.35. The summed E-state index contributed by atoms with van der Waals surface area (Å²) in [7, 11) is 0. The Morgan fingerprint density at radius 1 is 1.15 bits per heavy atom. The van der Waals surface area contributed by atoms with Gasteiger partial charge in [-0.15, -0.1) is 10.2 Å². The van der Waals surface area contributed by atoms with Gasteiger partial charge in [-0.3, -0.25) is 13.8 Å². The van der Waals surface area contributed by atoms with Gasteiger partial charge in [0.2, 0.25) is 0 Å². The molecule has 3 aromatic heterocycles. The largest absolute Gasteiger partial charge is 0.277 e. The number of aryl methyl sites for hydroxylation is 1. The molecule has 9 heteroatoms. The summed E-state index contributed by atoms with van der Waals surface area (Å²) in [5, 5.41) is 10.0. The molecule has 0 atom stereocenters. The number of pyridine rings is 1. The molecular weight excluding hydrogens is 405 g/mol. The van der Waals surface area contributed by atoms with Crippen LogP contribution < -0.4 is 5.56 Å². The molecule has 6 nitrogen and oxygen atoms in total. The average Bonchev–Trinajstić information content (AvgIpc) is 3.11. The molecule has 0 N–H and O–H groups in total. The van der Waals surface area contributed by atoms with Crippen molar-refractivity contribution in [3.63, 3.8) is 0 Å². The first kappa shape index (κ1) is 18.0. The molecule has 0 bridgehead atoms. The first-order chi connectivity index (χ1) is 13.0. The monoisotopic (exact) mass is 417 g/mol. The first-order valence-electron chi connectivity index (χ1n) is 7.98. The van der Waals surface area contributed by atoms with Crippen LogP contribution in [0.25, 0.3) is 11.3 Å². The molecule has 27 heavy (non-hydrogen) atoms. The van der Waals surface area contributed by atoms with E-state index in [1.54, 1.807) is 24.7 Å².